The third-order valence-electron chi connectivity index (χ3n) is 5.71. The van der Waals surface area contributed by atoms with Gasteiger partial charge in [-0.3, -0.25) is 0 Å². The van der Waals surface area contributed by atoms with Gasteiger partial charge in [0, 0.05) is 13.1 Å². The molecule has 1 N–H and O–H groups in total. The lowest BCUT2D eigenvalue weighted by Crippen LogP contribution is -2.38. The first-order valence-corrected chi connectivity index (χ1v) is 11.0. The molecule has 0 aromatic heterocycles. The van der Waals surface area contributed by atoms with Crippen LogP contribution < -0.4 is 5.32 Å². The van der Waals surface area contributed by atoms with Crippen molar-refractivity contribution in [2.24, 2.45) is 11.8 Å². The minimum Gasteiger partial charge on any atom is -0.317 e. The molecule has 2 heterocycles. The molecule has 2 aliphatic heterocycles. The van der Waals surface area contributed by atoms with Crippen molar-refractivity contribution >= 4 is 10.0 Å². The topological polar surface area (TPSA) is 49.4 Å². The van der Waals surface area contributed by atoms with Gasteiger partial charge in [-0.1, -0.05) is 31.4 Å². The highest BCUT2D eigenvalue weighted by Crippen LogP contribution is 2.29. The number of hydrogen-bond acceptors (Lipinski definition) is 3. The summed E-state index contributed by atoms with van der Waals surface area (Å²) in [5.41, 5.74) is 0. The van der Waals surface area contributed by atoms with Crippen LogP contribution in [0.1, 0.15) is 44.9 Å². The molecule has 140 valence electrons. The SMILES string of the molecule is O=S(=O)(c1ccccc1F)N1CCC(CCCC2CCNCC2)CC1. The number of benzene rings is 1. The lowest BCUT2D eigenvalue weighted by atomic mass is 9.87. The van der Waals surface area contributed by atoms with Crippen LogP contribution in [0.2, 0.25) is 0 Å². The van der Waals surface area contributed by atoms with Gasteiger partial charge in [-0.25, -0.2) is 12.8 Å². The van der Waals surface area contributed by atoms with Gasteiger partial charge in [-0.2, -0.15) is 4.31 Å². The Kier molecular flexibility index (Phi) is 6.47. The van der Waals surface area contributed by atoms with Crippen molar-refractivity contribution in [3.63, 3.8) is 0 Å². The fourth-order valence-corrected chi connectivity index (χ4v) is 5.63. The minimum absolute atomic E-state index is 0.195. The van der Waals surface area contributed by atoms with E-state index in [1.54, 1.807) is 6.07 Å². The fourth-order valence-electron chi connectivity index (χ4n) is 4.10. The Labute approximate surface area is 150 Å². The van der Waals surface area contributed by atoms with E-state index in [1.807, 2.05) is 0 Å². The summed E-state index contributed by atoms with van der Waals surface area (Å²) in [6.45, 7) is 3.32. The Hall–Kier alpha value is -0.980. The lowest BCUT2D eigenvalue weighted by molar-refractivity contribution is 0.250. The molecule has 2 aliphatic rings. The maximum absolute atomic E-state index is 13.8. The molecule has 0 aliphatic carbocycles. The molecule has 0 unspecified atom stereocenters. The molecule has 3 rings (SSSR count). The predicted octanol–water partition coefficient (Wildman–Crippen LogP) is 3.40. The van der Waals surface area contributed by atoms with Gasteiger partial charge in [-0.05, 0) is 62.7 Å². The van der Waals surface area contributed by atoms with Gasteiger partial charge in [0.1, 0.15) is 10.7 Å². The monoisotopic (exact) mass is 368 g/mol. The van der Waals surface area contributed by atoms with E-state index in [4.69, 9.17) is 0 Å². The number of piperidine rings is 2. The molecule has 6 heteroatoms. The zero-order valence-corrected chi connectivity index (χ0v) is 15.6. The van der Waals surface area contributed by atoms with Crippen LogP contribution in [0.3, 0.4) is 0 Å². The Bertz CT molecular complexity index is 651. The lowest BCUT2D eigenvalue weighted by Gasteiger charge is -2.31. The average molecular weight is 369 g/mol. The van der Waals surface area contributed by atoms with Crippen molar-refractivity contribution < 1.29 is 12.8 Å². The zero-order valence-electron chi connectivity index (χ0n) is 14.8. The quantitative estimate of drug-likeness (QED) is 0.837. The number of nitrogens with zero attached hydrogens (tertiary/aromatic N) is 1. The van der Waals surface area contributed by atoms with Gasteiger partial charge >= 0.3 is 0 Å². The highest BCUT2D eigenvalue weighted by molar-refractivity contribution is 7.89. The third-order valence-corrected chi connectivity index (χ3v) is 7.64. The number of hydrogen-bond donors (Lipinski definition) is 1. The summed E-state index contributed by atoms with van der Waals surface area (Å²) >= 11 is 0. The van der Waals surface area contributed by atoms with Gasteiger partial charge in [0.05, 0.1) is 0 Å². The maximum Gasteiger partial charge on any atom is 0.245 e. The second-order valence-electron chi connectivity index (χ2n) is 7.40. The minimum atomic E-state index is -3.70. The zero-order chi connectivity index (χ0) is 17.7. The summed E-state index contributed by atoms with van der Waals surface area (Å²) in [5, 5.41) is 3.40. The Morgan fingerprint density at radius 2 is 1.60 bits per heavy atom. The second-order valence-corrected chi connectivity index (χ2v) is 9.31. The third kappa shape index (κ3) is 4.80. The molecular formula is C19H29FN2O2S. The van der Waals surface area contributed by atoms with Crippen LogP contribution in [0.15, 0.2) is 29.2 Å². The van der Waals surface area contributed by atoms with Gasteiger partial charge in [0.25, 0.3) is 0 Å². The molecular weight excluding hydrogens is 339 g/mol. The van der Waals surface area contributed by atoms with Crippen molar-refractivity contribution in [3.8, 4) is 0 Å². The highest BCUT2D eigenvalue weighted by atomic mass is 32.2. The molecule has 2 fully saturated rings. The van der Waals surface area contributed by atoms with E-state index >= 15 is 0 Å². The molecule has 0 bridgehead atoms. The molecule has 0 spiro atoms. The summed E-state index contributed by atoms with van der Waals surface area (Å²) in [5.74, 6) is 0.808. The first kappa shape index (κ1) is 18.8. The fraction of sp³-hybridized carbons (Fsp3) is 0.684. The average Bonchev–Trinajstić information content (AvgIpc) is 2.63. The summed E-state index contributed by atoms with van der Waals surface area (Å²) in [4.78, 5) is -0.195. The van der Waals surface area contributed by atoms with E-state index in [2.05, 4.69) is 5.32 Å². The number of nitrogens with one attached hydrogen (secondary N) is 1. The van der Waals surface area contributed by atoms with Crippen LogP contribution in [0, 0.1) is 17.7 Å². The second kappa shape index (κ2) is 8.60. The largest absolute Gasteiger partial charge is 0.317 e. The molecule has 2 saturated heterocycles. The van der Waals surface area contributed by atoms with Crippen molar-refractivity contribution in [2.45, 2.75) is 49.8 Å². The molecule has 0 saturated carbocycles. The van der Waals surface area contributed by atoms with E-state index in [0.717, 1.165) is 31.8 Å². The van der Waals surface area contributed by atoms with E-state index < -0.39 is 15.8 Å². The first-order valence-electron chi connectivity index (χ1n) is 9.53. The summed E-state index contributed by atoms with van der Waals surface area (Å²) in [6, 6.07) is 5.66. The van der Waals surface area contributed by atoms with Crippen LogP contribution >= 0.6 is 0 Å². The molecule has 1 aromatic rings. The van der Waals surface area contributed by atoms with Crippen LogP contribution in [-0.2, 0) is 10.0 Å². The van der Waals surface area contributed by atoms with Crippen LogP contribution in [0.4, 0.5) is 4.39 Å². The van der Waals surface area contributed by atoms with Gasteiger partial charge < -0.3 is 5.32 Å². The van der Waals surface area contributed by atoms with Crippen molar-refractivity contribution in [1.29, 1.82) is 0 Å². The van der Waals surface area contributed by atoms with Crippen LogP contribution in [0.25, 0.3) is 0 Å². The van der Waals surface area contributed by atoms with Crippen LogP contribution in [-0.4, -0.2) is 38.9 Å². The van der Waals surface area contributed by atoms with E-state index in [0.29, 0.717) is 19.0 Å². The number of sulfonamides is 1. The summed E-state index contributed by atoms with van der Waals surface area (Å²) in [6.07, 6.45) is 8.10. The number of halogens is 1. The van der Waals surface area contributed by atoms with Crippen LogP contribution in [0.5, 0.6) is 0 Å². The summed E-state index contributed by atoms with van der Waals surface area (Å²) < 4.78 is 40.5. The van der Waals surface area contributed by atoms with E-state index in [1.165, 1.54) is 54.6 Å². The number of rotatable bonds is 6. The molecule has 4 nitrogen and oxygen atoms in total. The first-order chi connectivity index (χ1) is 12.1. The van der Waals surface area contributed by atoms with E-state index in [9.17, 15) is 12.8 Å². The van der Waals surface area contributed by atoms with Gasteiger partial charge in [0.15, 0.2) is 0 Å². The van der Waals surface area contributed by atoms with Crippen molar-refractivity contribution in [2.75, 3.05) is 26.2 Å². The van der Waals surface area contributed by atoms with E-state index in [-0.39, 0.29) is 4.90 Å². The maximum atomic E-state index is 13.8. The predicted molar refractivity (Wildman–Crippen MR) is 97.3 cm³/mol. The standard InChI is InChI=1S/C19H29FN2O2S/c20-18-6-1-2-7-19(18)25(23,24)22-14-10-17(11-15-22)5-3-4-16-8-12-21-13-9-16/h1-2,6-7,16-17,21H,3-5,8-15H2. The summed E-state index contributed by atoms with van der Waals surface area (Å²) in [7, 11) is -3.70. The normalized spacial score (nSPS) is 21.5. The molecule has 0 amide bonds. The van der Waals surface area contributed by atoms with Crippen molar-refractivity contribution in [3.05, 3.63) is 30.1 Å². The Morgan fingerprint density at radius 1 is 1.00 bits per heavy atom. The van der Waals surface area contributed by atoms with Gasteiger partial charge in [-0.15, -0.1) is 0 Å². The molecule has 0 radical (unpaired) electrons. The molecule has 25 heavy (non-hydrogen) atoms. The smallest absolute Gasteiger partial charge is 0.245 e. The van der Waals surface area contributed by atoms with Crippen molar-refractivity contribution in [1.82, 2.24) is 9.62 Å². The molecule has 1 aromatic carbocycles. The Morgan fingerprint density at radius 3 is 2.24 bits per heavy atom. The van der Waals surface area contributed by atoms with Gasteiger partial charge in [0.2, 0.25) is 10.0 Å². The Balaban J connectivity index is 1.46. The molecule has 0 atom stereocenters. The highest BCUT2D eigenvalue weighted by Gasteiger charge is 2.31.